The Balaban J connectivity index is 2.07. The zero-order valence-electron chi connectivity index (χ0n) is 9.77. The van der Waals surface area contributed by atoms with Crippen LogP contribution < -0.4 is 5.32 Å². The largest absolute Gasteiger partial charge is 0.340 e. The number of halogens is 2. The molecule has 0 saturated heterocycles. The Hall–Kier alpha value is -1.65. The quantitative estimate of drug-likeness (QED) is 0.685. The van der Waals surface area contributed by atoms with Crippen LogP contribution in [0, 0.1) is 0 Å². The summed E-state index contributed by atoms with van der Waals surface area (Å²) in [4.78, 5) is 8.45. The van der Waals surface area contributed by atoms with Crippen molar-refractivity contribution in [2.45, 2.75) is 0 Å². The van der Waals surface area contributed by atoms with Gasteiger partial charge in [0.1, 0.15) is 5.82 Å². The van der Waals surface area contributed by atoms with E-state index in [1.54, 1.807) is 0 Å². The molecular weight excluding hydrogens is 326 g/mol. The molecule has 3 nitrogen and oxygen atoms in total. The van der Waals surface area contributed by atoms with E-state index in [0.717, 1.165) is 21.1 Å². The summed E-state index contributed by atoms with van der Waals surface area (Å²) in [5, 5.41) is 4.43. The molecule has 0 unspecified atom stereocenters. The van der Waals surface area contributed by atoms with E-state index in [0.29, 0.717) is 5.82 Å². The van der Waals surface area contributed by atoms with Gasteiger partial charge in [-0.1, -0.05) is 28.1 Å². The third-order valence-electron chi connectivity index (χ3n) is 2.68. The highest BCUT2D eigenvalue weighted by Gasteiger charge is 2.06. The lowest BCUT2D eigenvalue weighted by atomic mass is 10.2. The van der Waals surface area contributed by atoms with Crippen LogP contribution in [0.5, 0.6) is 0 Å². The summed E-state index contributed by atoms with van der Waals surface area (Å²) in [6, 6.07) is 15.6. The lowest BCUT2D eigenvalue weighted by Crippen LogP contribution is -1.96. The minimum Gasteiger partial charge on any atom is -0.340 e. The van der Waals surface area contributed by atoms with E-state index in [2.05, 4.69) is 31.2 Å². The molecule has 3 rings (SSSR count). The first kappa shape index (κ1) is 12.4. The van der Waals surface area contributed by atoms with Gasteiger partial charge in [-0.3, -0.25) is 0 Å². The van der Waals surface area contributed by atoms with Crippen molar-refractivity contribution in [3.05, 3.63) is 58.3 Å². The standard InChI is InChI=1S/C14H9BrClN3/c15-9-5-7-10(8-6-9)17-13-11-3-1-2-4-12(11)18-14(16)19-13/h1-8H,(H,17,18,19). The normalized spacial score (nSPS) is 10.6. The van der Waals surface area contributed by atoms with Crippen molar-refractivity contribution in [3.8, 4) is 0 Å². The van der Waals surface area contributed by atoms with Crippen molar-refractivity contribution in [2.24, 2.45) is 0 Å². The zero-order chi connectivity index (χ0) is 13.2. The number of aromatic nitrogens is 2. The molecule has 0 bridgehead atoms. The molecule has 1 aromatic heterocycles. The van der Waals surface area contributed by atoms with Crippen LogP contribution >= 0.6 is 27.5 Å². The number of benzene rings is 2. The Morgan fingerprint density at radius 1 is 0.947 bits per heavy atom. The van der Waals surface area contributed by atoms with Gasteiger partial charge in [-0.2, -0.15) is 4.98 Å². The molecule has 0 aliphatic heterocycles. The van der Waals surface area contributed by atoms with E-state index in [9.17, 15) is 0 Å². The average Bonchev–Trinajstić information content (AvgIpc) is 2.41. The number of hydrogen-bond donors (Lipinski definition) is 1. The van der Waals surface area contributed by atoms with E-state index in [1.165, 1.54) is 0 Å². The predicted octanol–water partition coefficient (Wildman–Crippen LogP) is 4.79. The second kappa shape index (κ2) is 5.15. The van der Waals surface area contributed by atoms with Crippen LogP contribution in [0.25, 0.3) is 10.9 Å². The Morgan fingerprint density at radius 3 is 2.47 bits per heavy atom. The maximum Gasteiger partial charge on any atom is 0.224 e. The molecule has 0 saturated carbocycles. The number of anilines is 2. The molecule has 1 heterocycles. The number of hydrogen-bond acceptors (Lipinski definition) is 3. The van der Waals surface area contributed by atoms with Gasteiger partial charge in [0.15, 0.2) is 0 Å². The molecule has 0 amide bonds. The summed E-state index contributed by atoms with van der Waals surface area (Å²) in [6.45, 7) is 0. The van der Waals surface area contributed by atoms with Crippen LogP contribution in [0.4, 0.5) is 11.5 Å². The van der Waals surface area contributed by atoms with Crippen molar-refractivity contribution in [3.63, 3.8) is 0 Å². The van der Waals surface area contributed by atoms with E-state index < -0.39 is 0 Å². The summed E-state index contributed by atoms with van der Waals surface area (Å²) in [7, 11) is 0. The summed E-state index contributed by atoms with van der Waals surface area (Å²) in [5.74, 6) is 0.706. The van der Waals surface area contributed by atoms with Gasteiger partial charge in [-0.15, -0.1) is 0 Å². The fourth-order valence-electron chi connectivity index (χ4n) is 1.81. The van der Waals surface area contributed by atoms with Crippen molar-refractivity contribution < 1.29 is 0 Å². The van der Waals surface area contributed by atoms with Crippen molar-refractivity contribution in [1.82, 2.24) is 9.97 Å². The fourth-order valence-corrected chi connectivity index (χ4v) is 2.25. The fraction of sp³-hybridized carbons (Fsp3) is 0. The van der Waals surface area contributed by atoms with E-state index >= 15 is 0 Å². The number of nitrogens with one attached hydrogen (secondary N) is 1. The van der Waals surface area contributed by atoms with Crippen molar-refractivity contribution >= 4 is 49.9 Å². The smallest absolute Gasteiger partial charge is 0.224 e. The topological polar surface area (TPSA) is 37.8 Å². The lowest BCUT2D eigenvalue weighted by Gasteiger charge is -2.09. The Morgan fingerprint density at radius 2 is 1.68 bits per heavy atom. The average molecular weight is 335 g/mol. The van der Waals surface area contributed by atoms with Gasteiger partial charge in [0.05, 0.1) is 5.52 Å². The van der Waals surface area contributed by atoms with Gasteiger partial charge < -0.3 is 5.32 Å². The molecule has 3 aromatic rings. The predicted molar refractivity (Wildman–Crippen MR) is 82.0 cm³/mol. The first-order valence-corrected chi connectivity index (χ1v) is 6.84. The van der Waals surface area contributed by atoms with Gasteiger partial charge in [-0.05, 0) is 48.0 Å². The van der Waals surface area contributed by atoms with Crippen LogP contribution in [-0.4, -0.2) is 9.97 Å². The Bertz CT molecular complexity index is 728. The van der Waals surface area contributed by atoms with Crippen LogP contribution in [-0.2, 0) is 0 Å². The first-order valence-electron chi connectivity index (χ1n) is 5.67. The molecule has 0 atom stereocenters. The minimum atomic E-state index is 0.235. The van der Waals surface area contributed by atoms with Crippen LogP contribution in [0.3, 0.4) is 0 Å². The molecule has 0 spiro atoms. The number of fused-ring (bicyclic) bond motifs is 1. The molecule has 94 valence electrons. The monoisotopic (exact) mass is 333 g/mol. The first-order chi connectivity index (χ1) is 9.22. The number of nitrogens with zero attached hydrogens (tertiary/aromatic N) is 2. The van der Waals surface area contributed by atoms with Gasteiger partial charge in [0.25, 0.3) is 0 Å². The second-order valence-electron chi connectivity index (χ2n) is 3.99. The van der Waals surface area contributed by atoms with Crippen LogP contribution in [0.2, 0.25) is 5.28 Å². The van der Waals surface area contributed by atoms with E-state index in [4.69, 9.17) is 11.6 Å². The third kappa shape index (κ3) is 2.69. The Labute approximate surface area is 123 Å². The van der Waals surface area contributed by atoms with Crippen LogP contribution in [0.1, 0.15) is 0 Å². The molecule has 0 fully saturated rings. The summed E-state index contributed by atoms with van der Waals surface area (Å²) in [5.41, 5.74) is 1.77. The molecule has 0 radical (unpaired) electrons. The maximum absolute atomic E-state index is 5.95. The summed E-state index contributed by atoms with van der Waals surface area (Å²) < 4.78 is 1.03. The highest BCUT2D eigenvalue weighted by molar-refractivity contribution is 9.10. The van der Waals surface area contributed by atoms with E-state index in [-0.39, 0.29) is 5.28 Å². The highest BCUT2D eigenvalue weighted by Crippen LogP contribution is 2.25. The van der Waals surface area contributed by atoms with Crippen molar-refractivity contribution in [1.29, 1.82) is 0 Å². The second-order valence-corrected chi connectivity index (χ2v) is 5.24. The van der Waals surface area contributed by atoms with Gasteiger partial charge >= 0.3 is 0 Å². The third-order valence-corrected chi connectivity index (χ3v) is 3.38. The van der Waals surface area contributed by atoms with Gasteiger partial charge in [-0.25, -0.2) is 4.98 Å². The molecule has 5 heteroatoms. The zero-order valence-corrected chi connectivity index (χ0v) is 12.1. The lowest BCUT2D eigenvalue weighted by molar-refractivity contribution is 1.22. The molecule has 0 aliphatic carbocycles. The van der Waals surface area contributed by atoms with Crippen LogP contribution in [0.15, 0.2) is 53.0 Å². The number of rotatable bonds is 2. The molecule has 1 N–H and O–H groups in total. The summed E-state index contributed by atoms with van der Waals surface area (Å²) in [6.07, 6.45) is 0. The van der Waals surface area contributed by atoms with E-state index in [1.807, 2.05) is 48.5 Å². The maximum atomic E-state index is 5.95. The SMILES string of the molecule is Clc1nc(Nc2ccc(Br)cc2)c2ccccc2n1. The molecule has 0 aliphatic rings. The van der Waals surface area contributed by atoms with Crippen molar-refractivity contribution in [2.75, 3.05) is 5.32 Å². The highest BCUT2D eigenvalue weighted by atomic mass is 79.9. The minimum absolute atomic E-state index is 0.235. The van der Waals surface area contributed by atoms with Gasteiger partial charge in [0, 0.05) is 15.5 Å². The van der Waals surface area contributed by atoms with Gasteiger partial charge in [0.2, 0.25) is 5.28 Å². The molecule has 2 aromatic carbocycles. The Kier molecular flexibility index (Phi) is 3.36. The molecule has 19 heavy (non-hydrogen) atoms. The molecular formula is C14H9BrClN3. The summed E-state index contributed by atoms with van der Waals surface area (Å²) >= 11 is 9.35. The number of para-hydroxylation sites is 1.